The van der Waals surface area contributed by atoms with E-state index in [9.17, 15) is 4.79 Å². The second kappa shape index (κ2) is 7.14. The molecule has 0 N–H and O–H groups in total. The van der Waals surface area contributed by atoms with Crippen molar-refractivity contribution in [2.45, 2.75) is 24.3 Å². The molecule has 0 radical (unpaired) electrons. The Morgan fingerprint density at radius 2 is 2.15 bits per heavy atom. The molecule has 1 heterocycles. The third-order valence-electron chi connectivity index (χ3n) is 2.77. The first kappa shape index (κ1) is 14.7. The summed E-state index contributed by atoms with van der Waals surface area (Å²) in [6.07, 6.45) is 2.14. The Morgan fingerprint density at radius 3 is 2.85 bits per heavy atom. The molecule has 2 aromatic rings. The smallest absolute Gasteiger partial charge is 0.306 e. The number of oxazole rings is 1. The fourth-order valence-corrected chi connectivity index (χ4v) is 2.53. The van der Waals surface area contributed by atoms with Crippen LogP contribution in [-0.4, -0.2) is 23.3 Å². The quantitative estimate of drug-likeness (QED) is 0.762. The minimum absolute atomic E-state index is 0.187. The van der Waals surface area contributed by atoms with Crippen LogP contribution in [0.5, 0.6) is 0 Å². The van der Waals surface area contributed by atoms with Gasteiger partial charge in [0.2, 0.25) is 5.89 Å². The molecule has 5 heteroatoms. The fraction of sp³-hybridized carbons (Fsp3) is 0.333. The molecule has 0 aliphatic heterocycles. The lowest BCUT2D eigenvalue weighted by atomic mass is 10.2. The molecule has 0 fully saturated rings. The summed E-state index contributed by atoms with van der Waals surface area (Å²) >= 11 is 1.65. The monoisotopic (exact) mass is 291 g/mol. The summed E-state index contributed by atoms with van der Waals surface area (Å²) in [4.78, 5) is 15.4. The molecule has 4 nitrogen and oxygen atoms in total. The summed E-state index contributed by atoms with van der Waals surface area (Å²) in [6, 6.07) is 9.78. The molecule has 20 heavy (non-hydrogen) atoms. The molecular weight excluding hydrogens is 274 g/mol. The second-order valence-electron chi connectivity index (χ2n) is 4.40. The number of hydrogen-bond acceptors (Lipinski definition) is 5. The highest BCUT2D eigenvalue weighted by Gasteiger charge is 2.12. The van der Waals surface area contributed by atoms with Crippen molar-refractivity contribution in [3.8, 4) is 11.5 Å². The maximum absolute atomic E-state index is 11.2. The van der Waals surface area contributed by atoms with Crippen LogP contribution in [0.15, 0.2) is 40.9 Å². The van der Waals surface area contributed by atoms with E-state index in [2.05, 4.69) is 9.72 Å². The van der Waals surface area contributed by atoms with Crippen LogP contribution in [0, 0.1) is 0 Å². The number of methoxy groups -OCH3 is 1. The van der Waals surface area contributed by atoms with Gasteiger partial charge in [-0.05, 0) is 12.1 Å². The van der Waals surface area contributed by atoms with E-state index in [1.54, 1.807) is 18.0 Å². The molecule has 0 saturated heterocycles. The lowest BCUT2D eigenvalue weighted by molar-refractivity contribution is -0.140. The molecule has 1 unspecified atom stereocenters. The van der Waals surface area contributed by atoms with E-state index in [0.29, 0.717) is 18.1 Å². The van der Waals surface area contributed by atoms with Gasteiger partial charge < -0.3 is 9.15 Å². The summed E-state index contributed by atoms with van der Waals surface area (Å²) in [6.45, 7) is 2.00. The van der Waals surface area contributed by atoms with Crippen molar-refractivity contribution in [1.29, 1.82) is 0 Å². The molecule has 1 aromatic heterocycles. The van der Waals surface area contributed by atoms with Crippen molar-refractivity contribution < 1.29 is 13.9 Å². The summed E-state index contributed by atoms with van der Waals surface area (Å²) in [5.41, 5.74) is 0.964. The molecule has 0 aliphatic carbocycles. The van der Waals surface area contributed by atoms with Crippen molar-refractivity contribution in [2.75, 3.05) is 7.11 Å². The van der Waals surface area contributed by atoms with Gasteiger partial charge in [-0.1, -0.05) is 25.1 Å². The Morgan fingerprint density at radius 1 is 1.40 bits per heavy atom. The van der Waals surface area contributed by atoms with Crippen LogP contribution < -0.4 is 0 Å². The van der Waals surface area contributed by atoms with Gasteiger partial charge in [0.15, 0.2) is 0 Å². The summed E-state index contributed by atoms with van der Waals surface area (Å²) in [5.74, 6) is 1.94. The summed E-state index contributed by atoms with van der Waals surface area (Å²) in [7, 11) is 1.41. The summed E-state index contributed by atoms with van der Waals surface area (Å²) in [5, 5.41) is 0.188. The first-order valence-corrected chi connectivity index (χ1v) is 7.42. The minimum Gasteiger partial charge on any atom is -0.469 e. The number of benzene rings is 1. The van der Waals surface area contributed by atoms with Crippen molar-refractivity contribution in [3.63, 3.8) is 0 Å². The number of ether oxygens (including phenoxy) is 1. The minimum atomic E-state index is -0.187. The molecule has 0 saturated carbocycles. The zero-order chi connectivity index (χ0) is 14.4. The number of nitrogens with zero attached hydrogens (tertiary/aromatic N) is 1. The molecule has 2 rings (SSSR count). The Hall–Kier alpha value is -1.75. The Kier molecular flexibility index (Phi) is 5.24. The van der Waals surface area contributed by atoms with E-state index >= 15 is 0 Å². The maximum atomic E-state index is 11.2. The molecule has 0 spiro atoms. The molecule has 0 bridgehead atoms. The van der Waals surface area contributed by atoms with Crippen molar-refractivity contribution in [3.05, 3.63) is 42.3 Å². The molecule has 106 valence electrons. The first-order chi connectivity index (χ1) is 9.69. The first-order valence-electron chi connectivity index (χ1n) is 6.37. The van der Waals surface area contributed by atoms with E-state index in [1.807, 2.05) is 37.3 Å². The second-order valence-corrected chi connectivity index (χ2v) is 5.83. The van der Waals surface area contributed by atoms with Crippen LogP contribution in [0.3, 0.4) is 0 Å². The van der Waals surface area contributed by atoms with Crippen LogP contribution in [0.2, 0.25) is 0 Å². The normalized spacial score (nSPS) is 12.1. The lowest BCUT2D eigenvalue weighted by Gasteiger charge is -2.07. The zero-order valence-corrected chi connectivity index (χ0v) is 12.4. The predicted octanol–water partition coefficient (Wildman–Crippen LogP) is 3.53. The van der Waals surface area contributed by atoms with Crippen molar-refractivity contribution in [1.82, 2.24) is 4.98 Å². The van der Waals surface area contributed by atoms with Crippen LogP contribution in [-0.2, 0) is 15.3 Å². The number of aromatic nitrogens is 1. The Bertz CT molecular complexity index is 553. The fourth-order valence-electron chi connectivity index (χ4n) is 1.69. The Balaban J connectivity index is 1.89. The molecular formula is C15H17NO3S. The number of rotatable bonds is 6. The molecule has 0 amide bonds. The van der Waals surface area contributed by atoms with Gasteiger partial charge in [-0.2, -0.15) is 11.8 Å². The largest absolute Gasteiger partial charge is 0.469 e. The third-order valence-corrected chi connectivity index (χ3v) is 3.95. The van der Waals surface area contributed by atoms with Gasteiger partial charge in [0.25, 0.3) is 0 Å². The lowest BCUT2D eigenvalue weighted by Crippen LogP contribution is -2.08. The highest BCUT2D eigenvalue weighted by molar-refractivity contribution is 7.99. The number of carbonyl (C=O) groups is 1. The van der Waals surface area contributed by atoms with E-state index in [1.165, 1.54) is 7.11 Å². The predicted molar refractivity (Wildman–Crippen MR) is 79.3 cm³/mol. The summed E-state index contributed by atoms with van der Waals surface area (Å²) < 4.78 is 10.4. The van der Waals surface area contributed by atoms with Crippen LogP contribution in [0.25, 0.3) is 11.5 Å². The van der Waals surface area contributed by atoms with Crippen LogP contribution in [0.1, 0.15) is 19.1 Å². The van der Waals surface area contributed by atoms with Gasteiger partial charge >= 0.3 is 5.97 Å². The van der Waals surface area contributed by atoms with Gasteiger partial charge in [0, 0.05) is 10.8 Å². The molecule has 1 atom stereocenters. The van der Waals surface area contributed by atoms with Crippen LogP contribution >= 0.6 is 11.8 Å². The average Bonchev–Trinajstić information content (AvgIpc) is 2.95. The van der Waals surface area contributed by atoms with Crippen molar-refractivity contribution in [2.24, 2.45) is 0 Å². The van der Waals surface area contributed by atoms with E-state index < -0.39 is 0 Å². The maximum Gasteiger partial charge on any atom is 0.306 e. The standard InChI is InChI=1S/C15H17NO3S/c1-11(8-14(17)18-2)20-10-13-9-16-15(19-13)12-6-4-3-5-7-12/h3-7,9,11H,8,10H2,1-2H3. The van der Waals surface area contributed by atoms with Gasteiger partial charge in [0.05, 0.1) is 25.5 Å². The number of carbonyl (C=O) groups excluding carboxylic acids is 1. The van der Waals surface area contributed by atoms with Crippen LogP contribution in [0.4, 0.5) is 0 Å². The van der Waals surface area contributed by atoms with E-state index in [4.69, 9.17) is 4.42 Å². The number of hydrogen-bond donors (Lipinski definition) is 0. The molecule has 0 aliphatic rings. The van der Waals surface area contributed by atoms with Crippen molar-refractivity contribution >= 4 is 17.7 Å². The van der Waals surface area contributed by atoms with E-state index in [-0.39, 0.29) is 11.2 Å². The number of esters is 1. The SMILES string of the molecule is COC(=O)CC(C)SCc1cnc(-c2ccccc2)o1. The highest BCUT2D eigenvalue weighted by Crippen LogP contribution is 2.24. The van der Waals surface area contributed by atoms with Gasteiger partial charge in [-0.15, -0.1) is 0 Å². The zero-order valence-electron chi connectivity index (χ0n) is 11.5. The average molecular weight is 291 g/mol. The Labute approximate surface area is 122 Å². The molecule has 1 aromatic carbocycles. The van der Waals surface area contributed by atoms with Gasteiger partial charge in [-0.3, -0.25) is 4.79 Å². The van der Waals surface area contributed by atoms with Gasteiger partial charge in [0.1, 0.15) is 5.76 Å². The van der Waals surface area contributed by atoms with Gasteiger partial charge in [-0.25, -0.2) is 4.98 Å². The number of thioether (sulfide) groups is 1. The van der Waals surface area contributed by atoms with E-state index in [0.717, 1.165) is 11.3 Å². The topological polar surface area (TPSA) is 52.3 Å². The third kappa shape index (κ3) is 4.13. The highest BCUT2D eigenvalue weighted by atomic mass is 32.2.